The maximum atomic E-state index is 12.6. The predicted octanol–water partition coefficient (Wildman–Crippen LogP) is -0.0377. The van der Waals surface area contributed by atoms with Crippen LogP contribution in [0, 0.1) is 5.92 Å². The molecule has 14 nitrogen and oxygen atoms in total. The second-order valence-electron chi connectivity index (χ2n) is 12.1. The molecule has 3 rings (SSSR count). The monoisotopic (exact) mass is 665 g/mol. The minimum absolute atomic E-state index is 0.0692. The number of hydrogen-bond acceptors (Lipinski definition) is 13. The number of allylic oxidation sites excluding steroid dienone is 6. The van der Waals surface area contributed by atoms with Gasteiger partial charge in [0, 0.05) is 38.2 Å². The van der Waals surface area contributed by atoms with Gasteiger partial charge in [0.25, 0.3) is 0 Å². The first-order valence-corrected chi connectivity index (χ1v) is 15.7. The number of aliphatic hydroxyl groups excluding tert-OH is 5. The van der Waals surface area contributed by atoms with E-state index in [0.717, 1.165) is 0 Å². The quantitative estimate of drug-likeness (QED) is 0.155. The van der Waals surface area contributed by atoms with Crippen molar-refractivity contribution in [1.82, 2.24) is 0 Å². The number of rotatable bonds is 3. The fraction of sp³-hybridized carbons (Fsp3) is 0.606. The molecule has 0 aliphatic carbocycles. The Hall–Kier alpha value is -3.05. The molecule has 0 amide bonds. The molecule has 0 radical (unpaired) electrons. The van der Waals surface area contributed by atoms with Gasteiger partial charge in [-0.25, -0.2) is 4.79 Å². The van der Waals surface area contributed by atoms with E-state index in [2.05, 4.69) is 0 Å². The zero-order chi connectivity index (χ0) is 34.7. The van der Waals surface area contributed by atoms with E-state index in [9.17, 15) is 45.0 Å². The first kappa shape index (κ1) is 38.4. The summed E-state index contributed by atoms with van der Waals surface area (Å²) in [5.41, 5.74) is 5.91. The van der Waals surface area contributed by atoms with Crippen LogP contribution in [0.1, 0.15) is 46.0 Å². The van der Waals surface area contributed by atoms with Crippen LogP contribution in [-0.2, 0) is 33.3 Å². The molecule has 0 bridgehead atoms. The van der Waals surface area contributed by atoms with Gasteiger partial charge in [-0.2, -0.15) is 0 Å². The van der Waals surface area contributed by atoms with Gasteiger partial charge in [0.05, 0.1) is 48.8 Å². The number of aliphatic hydroxyl groups is 5. The number of epoxide rings is 1. The van der Waals surface area contributed by atoms with E-state index < -0.39 is 97.3 Å². The largest absolute Gasteiger partial charge is 0.481 e. The van der Waals surface area contributed by atoms with Gasteiger partial charge in [0.2, 0.25) is 0 Å². The van der Waals surface area contributed by atoms with Gasteiger partial charge in [-0.1, -0.05) is 48.6 Å². The fourth-order valence-electron chi connectivity index (χ4n) is 5.33. The number of carboxylic acids is 1. The Labute approximate surface area is 273 Å². The molecule has 2 fully saturated rings. The summed E-state index contributed by atoms with van der Waals surface area (Å²) in [5, 5.41) is 62.6. The maximum Gasteiger partial charge on any atom is 0.330 e. The van der Waals surface area contributed by atoms with Gasteiger partial charge < -0.3 is 55.3 Å². The standard InChI is InChI=1S/C33H47NO13/c1-18-10-8-6-4-3-5-7-9-11-22(46-33-31(41)29(34)30(40)19(2)45-33)17-24(38)28(32(42)43)23(37)15-20(35)14-21(36)16-26-25(47-26)12-13-27(39)44-18/h3-9,11-13,18-19,21-26,28-31,33,36-38,40-41H,10,14-17,34H2,1-2H3,(H,42,43)/b4-3+,7-5+,8-6+,11-9?,13-12+. The number of aliphatic carboxylic acids is 1. The van der Waals surface area contributed by atoms with E-state index in [0.29, 0.717) is 6.42 Å². The summed E-state index contributed by atoms with van der Waals surface area (Å²) in [6, 6.07) is -1.10. The lowest BCUT2D eigenvalue weighted by Crippen LogP contribution is -2.61. The molecular weight excluding hydrogens is 618 g/mol. The lowest BCUT2D eigenvalue weighted by Gasteiger charge is -2.41. The van der Waals surface area contributed by atoms with Crippen molar-refractivity contribution in [3.8, 4) is 0 Å². The summed E-state index contributed by atoms with van der Waals surface area (Å²) in [6.45, 7) is 3.29. The molecule has 0 aromatic carbocycles. The number of Topliss-reactive ketones (excluding diaryl/α,β-unsaturated/α-hetero) is 1. The van der Waals surface area contributed by atoms with Crippen molar-refractivity contribution in [3.63, 3.8) is 0 Å². The zero-order valence-corrected chi connectivity index (χ0v) is 26.4. The molecule has 0 aromatic heterocycles. The molecule has 8 N–H and O–H groups in total. The first-order valence-electron chi connectivity index (χ1n) is 15.7. The highest BCUT2D eigenvalue weighted by Crippen LogP contribution is 2.29. The second kappa shape index (κ2) is 18.5. The summed E-state index contributed by atoms with van der Waals surface area (Å²) in [7, 11) is 0. The van der Waals surface area contributed by atoms with Crippen LogP contribution in [0.3, 0.4) is 0 Å². The van der Waals surface area contributed by atoms with Gasteiger partial charge in [0.15, 0.2) is 6.29 Å². The van der Waals surface area contributed by atoms with Crippen molar-refractivity contribution >= 4 is 17.7 Å². The van der Waals surface area contributed by atoms with E-state index in [4.69, 9.17) is 24.7 Å². The van der Waals surface area contributed by atoms with Crippen molar-refractivity contribution in [3.05, 3.63) is 60.8 Å². The number of cyclic esters (lactones) is 1. The third-order valence-corrected chi connectivity index (χ3v) is 8.05. The molecule has 14 heteroatoms. The van der Waals surface area contributed by atoms with Crippen LogP contribution in [-0.4, -0.2) is 122 Å². The smallest absolute Gasteiger partial charge is 0.330 e. The van der Waals surface area contributed by atoms with Crippen molar-refractivity contribution in [2.24, 2.45) is 11.7 Å². The van der Waals surface area contributed by atoms with Crippen molar-refractivity contribution < 1.29 is 64.0 Å². The number of ether oxygens (including phenoxy) is 4. The summed E-state index contributed by atoms with van der Waals surface area (Å²) in [6.07, 6.45) is 3.57. The Morgan fingerprint density at radius 2 is 1.55 bits per heavy atom. The molecule has 262 valence electrons. The van der Waals surface area contributed by atoms with Gasteiger partial charge in [-0.3, -0.25) is 9.59 Å². The number of nitrogens with two attached hydrogens (primary N) is 1. The summed E-state index contributed by atoms with van der Waals surface area (Å²) >= 11 is 0. The number of ketones is 1. The number of carboxylic acid groups (broad SMARTS) is 1. The summed E-state index contributed by atoms with van der Waals surface area (Å²) in [5.74, 6) is -4.54. The number of hydrogen-bond donors (Lipinski definition) is 7. The van der Waals surface area contributed by atoms with E-state index in [1.165, 1.54) is 25.2 Å². The normalized spacial score (nSPS) is 42.8. The number of carbonyl (C=O) groups excluding carboxylic acids is 2. The minimum atomic E-state index is -1.80. The minimum Gasteiger partial charge on any atom is -0.481 e. The zero-order valence-electron chi connectivity index (χ0n) is 26.4. The molecule has 0 saturated carbocycles. The first-order chi connectivity index (χ1) is 22.3. The van der Waals surface area contributed by atoms with E-state index in [1.807, 2.05) is 6.08 Å². The molecule has 47 heavy (non-hydrogen) atoms. The molecule has 13 atom stereocenters. The average molecular weight is 666 g/mol. The van der Waals surface area contributed by atoms with E-state index in [1.54, 1.807) is 43.4 Å². The number of esters is 1. The van der Waals surface area contributed by atoms with Crippen LogP contribution >= 0.6 is 0 Å². The highest BCUT2D eigenvalue weighted by Gasteiger charge is 2.43. The third-order valence-electron chi connectivity index (χ3n) is 8.05. The van der Waals surface area contributed by atoms with E-state index >= 15 is 0 Å². The predicted molar refractivity (Wildman–Crippen MR) is 166 cm³/mol. The third kappa shape index (κ3) is 12.5. The van der Waals surface area contributed by atoms with Crippen molar-refractivity contribution in [2.45, 2.75) is 119 Å². The Kier molecular flexibility index (Phi) is 15.1. The molecule has 3 aliphatic heterocycles. The number of carbonyl (C=O) groups is 3. The topological polar surface area (TPSA) is 239 Å². The van der Waals surface area contributed by atoms with Crippen LogP contribution in [0.4, 0.5) is 0 Å². The highest BCUT2D eigenvalue weighted by molar-refractivity contribution is 5.82. The Balaban J connectivity index is 1.79. The van der Waals surface area contributed by atoms with Gasteiger partial charge in [-0.05, 0) is 19.9 Å². The maximum absolute atomic E-state index is 12.6. The lowest BCUT2D eigenvalue weighted by atomic mass is 9.88. The van der Waals surface area contributed by atoms with Crippen LogP contribution in [0.5, 0.6) is 0 Å². The van der Waals surface area contributed by atoms with Gasteiger partial charge >= 0.3 is 11.9 Å². The molecule has 3 aliphatic rings. The second-order valence-corrected chi connectivity index (χ2v) is 12.1. The van der Waals surface area contributed by atoms with Crippen LogP contribution in [0.15, 0.2) is 60.8 Å². The molecule has 3 heterocycles. The summed E-state index contributed by atoms with van der Waals surface area (Å²) < 4.78 is 22.2. The molecular formula is C33H47NO13. The Morgan fingerprint density at radius 3 is 2.26 bits per heavy atom. The van der Waals surface area contributed by atoms with Crippen molar-refractivity contribution in [2.75, 3.05) is 0 Å². The fourth-order valence-corrected chi connectivity index (χ4v) is 5.33. The molecule has 2 saturated heterocycles. The highest BCUT2D eigenvalue weighted by atomic mass is 16.7. The molecule has 13 unspecified atom stereocenters. The number of fused-ring (bicyclic) bond motifs is 1. The van der Waals surface area contributed by atoms with E-state index in [-0.39, 0.29) is 25.4 Å². The Morgan fingerprint density at radius 1 is 0.872 bits per heavy atom. The molecule has 0 aromatic rings. The van der Waals surface area contributed by atoms with Crippen LogP contribution in [0.25, 0.3) is 0 Å². The van der Waals surface area contributed by atoms with Gasteiger partial charge in [0.1, 0.15) is 30.0 Å². The summed E-state index contributed by atoms with van der Waals surface area (Å²) in [4.78, 5) is 36.9. The van der Waals surface area contributed by atoms with Crippen LogP contribution < -0.4 is 5.73 Å². The lowest BCUT2D eigenvalue weighted by molar-refractivity contribution is -0.277. The van der Waals surface area contributed by atoms with Gasteiger partial charge in [-0.15, -0.1) is 0 Å². The van der Waals surface area contributed by atoms with Crippen molar-refractivity contribution in [1.29, 1.82) is 0 Å². The van der Waals surface area contributed by atoms with Crippen LogP contribution in [0.2, 0.25) is 0 Å². The SMILES string of the molecule is CC1C/C=C/C=C/C=C/C=CC(OC2OC(C)C(O)C(N)C2O)CC(O)C(C(=O)O)C(O)CC(=O)CC(O)CC2OC2/C=C/C(=O)O1. The Bertz CT molecular complexity index is 1200. The molecule has 0 spiro atoms. The average Bonchev–Trinajstić information content (AvgIpc) is 3.72.